The summed E-state index contributed by atoms with van der Waals surface area (Å²) in [5.74, 6) is 0.789. The van der Waals surface area contributed by atoms with Crippen molar-refractivity contribution in [1.29, 1.82) is 0 Å². The molecule has 1 aromatic carbocycles. The maximum absolute atomic E-state index is 9.57. The lowest BCUT2D eigenvalue weighted by Crippen LogP contribution is -2.04. The molecule has 0 aliphatic rings. The summed E-state index contributed by atoms with van der Waals surface area (Å²) in [4.78, 5) is 5.67. The highest BCUT2D eigenvalue weighted by molar-refractivity contribution is 7.09. The second kappa shape index (κ2) is 6.43. The van der Waals surface area contributed by atoms with Crippen LogP contribution < -0.4 is 5.32 Å². The fraction of sp³-hybridized carbons (Fsp3) is 0.111. The van der Waals surface area contributed by atoms with Crippen LogP contribution in [-0.4, -0.2) is 19.7 Å². The monoisotopic (exact) mass is 336 g/mol. The molecular formula is C18H16N4OS. The second-order valence-electron chi connectivity index (χ2n) is 5.38. The van der Waals surface area contributed by atoms with Crippen molar-refractivity contribution in [3.05, 3.63) is 70.5 Å². The minimum Gasteiger partial charge on any atom is -0.392 e. The average molecular weight is 336 g/mol. The van der Waals surface area contributed by atoms with Crippen LogP contribution >= 0.6 is 11.3 Å². The number of anilines is 1. The van der Waals surface area contributed by atoms with Crippen molar-refractivity contribution in [2.75, 3.05) is 5.32 Å². The predicted octanol–water partition coefficient (Wildman–Crippen LogP) is 3.56. The smallest absolute Gasteiger partial charge is 0.154 e. The van der Waals surface area contributed by atoms with Crippen molar-refractivity contribution >= 4 is 22.8 Å². The minimum absolute atomic E-state index is 0.0142. The predicted molar refractivity (Wildman–Crippen MR) is 96.0 cm³/mol. The topological polar surface area (TPSA) is 62.5 Å². The van der Waals surface area contributed by atoms with E-state index < -0.39 is 0 Å². The molecule has 0 aliphatic carbocycles. The molecule has 4 aromatic rings. The summed E-state index contributed by atoms with van der Waals surface area (Å²) in [5, 5.41) is 19.6. The third-order valence-electron chi connectivity index (χ3n) is 3.85. The molecule has 5 nitrogen and oxygen atoms in total. The van der Waals surface area contributed by atoms with Gasteiger partial charge in [-0.25, -0.2) is 9.50 Å². The van der Waals surface area contributed by atoms with E-state index in [1.807, 2.05) is 47.0 Å². The van der Waals surface area contributed by atoms with Gasteiger partial charge in [0.15, 0.2) is 5.65 Å². The van der Waals surface area contributed by atoms with Crippen molar-refractivity contribution in [3.63, 3.8) is 0 Å². The molecule has 0 fully saturated rings. The molecular weight excluding hydrogens is 320 g/mol. The number of nitrogens with zero attached hydrogens (tertiary/aromatic N) is 3. The highest BCUT2D eigenvalue weighted by Gasteiger charge is 2.11. The van der Waals surface area contributed by atoms with Crippen LogP contribution in [0.25, 0.3) is 16.9 Å². The molecule has 0 spiro atoms. The lowest BCUT2D eigenvalue weighted by Gasteiger charge is -2.08. The Bertz CT molecular complexity index is 962. The van der Waals surface area contributed by atoms with Crippen LogP contribution in [0.2, 0.25) is 0 Å². The number of imidazole rings is 1. The number of thiophene rings is 1. The number of hydrogen-bond donors (Lipinski definition) is 2. The highest BCUT2D eigenvalue weighted by Crippen LogP contribution is 2.24. The zero-order valence-corrected chi connectivity index (χ0v) is 13.7. The van der Waals surface area contributed by atoms with Gasteiger partial charge in [-0.05, 0) is 29.1 Å². The van der Waals surface area contributed by atoms with Crippen LogP contribution in [0.5, 0.6) is 0 Å². The molecule has 0 aliphatic heterocycles. The number of fused-ring (bicyclic) bond motifs is 1. The summed E-state index contributed by atoms with van der Waals surface area (Å²) >= 11 is 1.72. The first-order chi connectivity index (χ1) is 11.8. The number of aliphatic hydroxyl groups excluding tert-OH is 1. The first-order valence-electron chi connectivity index (χ1n) is 7.65. The zero-order valence-electron chi connectivity index (χ0n) is 12.9. The zero-order chi connectivity index (χ0) is 16.4. The summed E-state index contributed by atoms with van der Waals surface area (Å²) in [6.07, 6.45) is 1.79. The van der Waals surface area contributed by atoms with Gasteiger partial charge in [0, 0.05) is 10.4 Å². The Kier molecular flexibility index (Phi) is 3.98. The van der Waals surface area contributed by atoms with Gasteiger partial charge in [0.25, 0.3) is 0 Å². The number of aliphatic hydroxyl groups is 1. The molecule has 24 heavy (non-hydrogen) atoms. The molecule has 6 heteroatoms. The fourth-order valence-corrected chi connectivity index (χ4v) is 3.29. The van der Waals surface area contributed by atoms with Crippen molar-refractivity contribution < 1.29 is 5.11 Å². The molecule has 0 radical (unpaired) electrons. The largest absolute Gasteiger partial charge is 0.392 e. The van der Waals surface area contributed by atoms with Crippen molar-refractivity contribution in [2.45, 2.75) is 13.2 Å². The van der Waals surface area contributed by atoms with E-state index in [0.717, 1.165) is 34.8 Å². The quantitative estimate of drug-likeness (QED) is 0.585. The second-order valence-corrected chi connectivity index (χ2v) is 6.41. The van der Waals surface area contributed by atoms with Gasteiger partial charge >= 0.3 is 0 Å². The molecule has 0 unspecified atom stereocenters. The van der Waals surface area contributed by atoms with Crippen LogP contribution in [0.15, 0.2) is 60.1 Å². The van der Waals surface area contributed by atoms with Gasteiger partial charge < -0.3 is 10.4 Å². The van der Waals surface area contributed by atoms with Gasteiger partial charge in [0.05, 0.1) is 25.0 Å². The van der Waals surface area contributed by atoms with Crippen LogP contribution in [-0.2, 0) is 13.2 Å². The standard InChI is InChI=1S/C18H16N4OS/c23-12-13-4-1-2-6-15(13)16-11-20-18-8-7-17(21-22(16)18)19-10-14-5-3-9-24-14/h1-9,11,23H,10,12H2,(H,19,21). The summed E-state index contributed by atoms with van der Waals surface area (Å²) < 4.78 is 1.81. The number of hydrogen-bond acceptors (Lipinski definition) is 5. The van der Waals surface area contributed by atoms with Gasteiger partial charge in [0.1, 0.15) is 5.82 Å². The van der Waals surface area contributed by atoms with Gasteiger partial charge in [-0.3, -0.25) is 0 Å². The highest BCUT2D eigenvalue weighted by atomic mass is 32.1. The van der Waals surface area contributed by atoms with Crippen molar-refractivity contribution in [1.82, 2.24) is 14.6 Å². The first kappa shape index (κ1) is 14.9. The Morgan fingerprint density at radius 2 is 2.00 bits per heavy atom. The number of benzene rings is 1. The van der Waals surface area contributed by atoms with Crippen LogP contribution in [0.3, 0.4) is 0 Å². The minimum atomic E-state index is -0.0142. The maximum atomic E-state index is 9.57. The molecule has 2 N–H and O–H groups in total. The van der Waals surface area contributed by atoms with E-state index in [1.165, 1.54) is 4.88 Å². The van der Waals surface area contributed by atoms with Gasteiger partial charge in [0.2, 0.25) is 0 Å². The summed E-state index contributed by atoms with van der Waals surface area (Å²) in [6.45, 7) is 0.729. The Labute approximate surface area is 143 Å². The van der Waals surface area contributed by atoms with Crippen LogP contribution in [0, 0.1) is 0 Å². The first-order valence-corrected chi connectivity index (χ1v) is 8.53. The van der Waals surface area contributed by atoms with Gasteiger partial charge in [-0.2, -0.15) is 0 Å². The molecule has 0 bridgehead atoms. The Morgan fingerprint density at radius 3 is 2.83 bits per heavy atom. The normalized spacial score (nSPS) is 11.0. The SMILES string of the molecule is OCc1ccccc1-c1cnc2ccc(NCc3cccs3)nn12. The fourth-order valence-electron chi connectivity index (χ4n) is 2.65. The Balaban J connectivity index is 1.71. The summed E-state index contributed by atoms with van der Waals surface area (Å²) in [5.41, 5.74) is 3.45. The summed E-state index contributed by atoms with van der Waals surface area (Å²) in [7, 11) is 0. The Morgan fingerprint density at radius 1 is 1.08 bits per heavy atom. The number of rotatable bonds is 5. The molecule has 4 rings (SSSR count). The third kappa shape index (κ3) is 2.77. The molecule has 0 amide bonds. The van der Waals surface area contributed by atoms with Gasteiger partial charge in [-0.1, -0.05) is 30.3 Å². The summed E-state index contributed by atoms with van der Waals surface area (Å²) in [6, 6.07) is 15.8. The van der Waals surface area contributed by atoms with E-state index in [1.54, 1.807) is 17.5 Å². The molecule has 0 saturated heterocycles. The molecule has 120 valence electrons. The molecule has 0 saturated carbocycles. The van der Waals surface area contributed by atoms with E-state index in [9.17, 15) is 5.11 Å². The van der Waals surface area contributed by atoms with E-state index in [-0.39, 0.29) is 6.61 Å². The molecule has 0 atom stereocenters. The third-order valence-corrected chi connectivity index (χ3v) is 4.73. The average Bonchev–Trinajstić information content (AvgIpc) is 3.29. The number of nitrogens with one attached hydrogen (secondary N) is 1. The van der Waals surface area contributed by atoms with Crippen molar-refractivity contribution in [3.8, 4) is 11.3 Å². The molecule has 3 heterocycles. The lowest BCUT2D eigenvalue weighted by atomic mass is 10.1. The van der Waals surface area contributed by atoms with E-state index in [2.05, 4.69) is 26.8 Å². The van der Waals surface area contributed by atoms with Crippen LogP contribution in [0.1, 0.15) is 10.4 Å². The number of aromatic nitrogens is 3. The lowest BCUT2D eigenvalue weighted by molar-refractivity contribution is 0.282. The van der Waals surface area contributed by atoms with E-state index in [0.29, 0.717) is 0 Å². The van der Waals surface area contributed by atoms with Crippen LogP contribution in [0.4, 0.5) is 5.82 Å². The van der Waals surface area contributed by atoms with Gasteiger partial charge in [-0.15, -0.1) is 16.4 Å². The Hall–Kier alpha value is -2.70. The maximum Gasteiger partial charge on any atom is 0.154 e. The van der Waals surface area contributed by atoms with E-state index in [4.69, 9.17) is 0 Å². The van der Waals surface area contributed by atoms with Crippen molar-refractivity contribution in [2.24, 2.45) is 0 Å². The van der Waals surface area contributed by atoms with E-state index >= 15 is 0 Å². The molecule has 3 aromatic heterocycles.